The van der Waals surface area contributed by atoms with E-state index in [1.54, 1.807) is 7.11 Å². The summed E-state index contributed by atoms with van der Waals surface area (Å²) in [5, 5.41) is 3.61. The molecule has 0 saturated carbocycles. The Labute approximate surface area is 123 Å². The van der Waals surface area contributed by atoms with Crippen molar-refractivity contribution in [2.24, 2.45) is 0 Å². The minimum Gasteiger partial charge on any atom is -0.383 e. The highest BCUT2D eigenvalue weighted by Crippen LogP contribution is 2.25. The standard InChI is InChI=1S/C17H28N2O/c1-3-17(15-8-5-4-6-9-15)19(12-13-20-2)14-16-10-7-11-18-16/h4-6,8-9,16-18H,3,7,10-14H2,1-2H3. The maximum absolute atomic E-state index is 5.31. The van der Waals surface area contributed by atoms with E-state index >= 15 is 0 Å². The molecule has 1 saturated heterocycles. The van der Waals surface area contributed by atoms with E-state index in [0.29, 0.717) is 12.1 Å². The third-order valence-corrected chi connectivity index (χ3v) is 4.21. The summed E-state index contributed by atoms with van der Waals surface area (Å²) in [6, 6.07) is 12.0. The lowest BCUT2D eigenvalue weighted by atomic mass is 10.0. The van der Waals surface area contributed by atoms with E-state index in [9.17, 15) is 0 Å². The van der Waals surface area contributed by atoms with E-state index in [2.05, 4.69) is 47.5 Å². The van der Waals surface area contributed by atoms with Crippen molar-refractivity contribution in [3.8, 4) is 0 Å². The molecular formula is C17H28N2O. The van der Waals surface area contributed by atoms with Gasteiger partial charge in [-0.2, -0.15) is 0 Å². The number of hydrogen-bond donors (Lipinski definition) is 1. The monoisotopic (exact) mass is 276 g/mol. The van der Waals surface area contributed by atoms with Crippen LogP contribution in [0.4, 0.5) is 0 Å². The molecule has 2 rings (SSSR count). The van der Waals surface area contributed by atoms with Gasteiger partial charge in [0.05, 0.1) is 6.61 Å². The third-order valence-electron chi connectivity index (χ3n) is 4.21. The first kappa shape index (κ1) is 15.5. The lowest BCUT2D eigenvalue weighted by Gasteiger charge is -2.33. The van der Waals surface area contributed by atoms with Gasteiger partial charge in [-0.25, -0.2) is 0 Å². The lowest BCUT2D eigenvalue weighted by Crippen LogP contribution is -2.41. The number of rotatable bonds is 8. The van der Waals surface area contributed by atoms with Gasteiger partial charge in [-0.05, 0) is 31.4 Å². The fraction of sp³-hybridized carbons (Fsp3) is 0.647. The molecule has 2 unspecified atom stereocenters. The fourth-order valence-corrected chi connectivity index (χ4v) is 3.16. The average molecular weight is 276 g/mol. The quantitative estimate of drug-likeness (QED) is 0.790. The summed E-state index contributed by atoms with van der Waals surface area (Å²) in [5.41, 5.74) is 1.42. The third kappa shape index (κ3) is 4.30. The molecule has 2 atom stereocenters. The van der Waals surface area contributed by atoms with Crippen molar-refractivity contribution < 1.29 is 4.74 Å². The van der Waals surface area contributed by atoms with Gasteiger partial charge in [-0.1, -0.05) is 37.3 Å². The molecule has 0 amide bonds. The van der Waals surface area contributed by atoms with Crippen molar-refractivity contribution in [1.29, 1.82) is 0 Å². The van der Waals surface area contributed by atoms with Crippen LogP contribution >= 0.6 is 0 Å². The molecule has 112 valence electrons. The molecule has 1 aliphatic rings. The van der Waals surface area contributed by atoms with E-state index in [-0.39, 0.29) is 0 Å². The van der Waals surface area contributed by atoms with Gasteiger partial charge in [0, 0.05) is 32.3 Å². The summed E-state index contributed by atoms with van der Waals surface area (Å²) < 4.78 is 5.31. The maximum Gasteiger partial charge on any atom is 0.0589 e. The van der Waals surface area contributed by atoms with Crippen molar-refractivity contribution >= 4 is 0 Å². The zero-order valence-corrected chi connectivity index (χ0v) is 12.8. The van der Waals surface area contributed by atoms with Crippen LogP contribution < -0.4 is 5.32 Å². The number of methoxy groups -OCH3 is 1. The molecule has 3 nitrogen and oxygen atoms in total. The second-order valence-corrected chi connectivity index (χ2v) is 5.62. The van der Waals surface area contributed by atoms with Crippen molar-refractivity contribution in [2.45, 2.75) is 38.3 Å². The minimum atomic E-state index is 0.494. The second-order valence-electron chi connectivity index (χ2n) is 5.62. The summed E-state index contributed by atoms with van der Waals surface area (Å²) in [5.74, 6) is 0. The van der Waals surface area contributed by atoms with E-state index < -0.39 is 0 Å². The number of nitrogens with one attached hydrogen (secondary N) is 1. The van der Waals surface area contributed by atoms with E-state index in [0.717, 1.165) is 26.1 Å². The van der Waals surface area contributed by atoms with Gasteiger partial charge in [0.1, 0.15) is 0 Å². The molecule has 1 aromatic carbocycles. The smallest absolute Gasteiger partial charge is 0.0589 e. The predicted octanol–water partition coefficient (Wildman–Crippen LogP) is 2.84. The zero-order chi connectivity index (χ0) is 14.2. The molecule has 1 aliphatic heterocycles. The summed E-state index contributed by atoms with van der Waals surface area (Å²) >= 11 is 0. The Hall–Kier alpha value is -0.900. The van der Waals surface area contributed by atoms with Crippen molar-refractivity contribution in [1.82, 2.24) is 10.2 Å². The van der Waals surface area contributed by atoms with Crippen LogP contribution in [0.25, 0.3) is 0 Å². The van der Waals surface area contributed by atoms with Gasteiger partial charge in [0.15, 0.2) is 0 Å². The highest BCUT2D eigenvalue weighted by atomic mass is 16.5. The number of hydrogen-bond acceptors (Lipinski definition) is 3. The normalized spacial score (nSPS) is 20.4. The fourth-order valence-electron chi connectivity index (χ4n) is 3.16. The van der Waals surface area contributed by atoms with Crippen LogP contribution in [0.2, 0.25) is 0 Å². The summed E-state index contributed by atoms with van der Waals surface area (Å²) in [6.45, 7) is 6.37. The minimum absolute atomic E-state index is 0.494. The van der Waals surface area contributed by atoms with Crippen LogP contribution in [0, 0.1) is 0 Å². The van der Waals surface area contributed by atoms with Crippen LogP contribution in [0.3, 0.4) is 0 Å². The van der Waals surface area contributed by atoms with E-state index in [1.165, 1.54) is 24.9 Å². The van der Waals surface area contributed by atoms with Crippen LogP contribution in [-0.2, 0) is 4.74 Å². The molecule has 0 radical (unpaired) electrons. The summed E-state index contributed by atoms with van der Waals surface area (Å²) in [7, 11) is 1.79. The van der Waals surface area contributed by atoms with Gasteiger partial charge in [-0.15, -0.1) is 0 Å². The van der Waals surface area contributed by atoms with E-state index in [1.807, 2.05) is 0 Å². The molecule has 0 aromatic heterocycles. The Kier molecular flexibility index (Phi) is 6.51. The van der Waals surface area contributed by atoms with Crippen molar-refractivity contribution in [3.05, 3.63) is 35.9 Å². The molecule has 3 heteroatoms. The zero-order valence-electron chi connectivity index (χ0n) is 12.8. The Morgan fingerprint density at radius 3 is 2.75 bits per heavy atom. The topological polar surface area (TPSA) is 24.5 Å². The van der Waals surface area contributed by atoms with Crippen LogP contribution in [0.5, 0.6) is 0 Å². The van der Waals surface area contributed by atoms with Crippen LogP contribution in [-0.4, -0.2) is 44.3 Å². The molecule has 1 N–H and O–H groups in total. The Morgan fingerprint density at radius 1 is 1.35 bits per heavy atom. The van der Waals surface area contributed by atoms with Crippen molar-refractivity contribution in [2.75, 3.05) is 33.4 Å². The largest absolute Gasteiger partial charge is 0.383 e. The van der Waals surface area contributed by atoms with Crippen LogP contribution in [0.1, 0.15) is 37.8 Å². The Morgan fingerprint density at radius 2 is 2.15 bits per heavy atom. The first-order chi connectivity index (χ1) is 9.85. The first-order valence-electron chi connectivity index (χ1n) is 7.86. The van der Waals surface area contributed by atoms with E-state index in [4.69, 9.17) is 4.74 Å². The Bertz CT molecular complexity index is 363. The lowest BCUT2D eigenvalue weighted by molar-refractivity contribution is 0.110. The summed E-state index contributed by atoms with van der Waals surface area (Å²) in [4.78, 5) is 2.59. The molecule has 1 fully saturated rings. The molecule has 20 heavy (non-hydrogen) atoms. The number of ether oxygens (including phenoxy) is 1. The molecular weight excluding hydrogens is 248 g/mol. The maximum atomic E-state index is 5.31. The number of nitrogens with zero attached hydrogens (tertiary/aromatic N) is 1. The molecule has 0 bridgehead atoms. The summed E-state index contributed by atoms with van der Waals surface area (Å²) in [6.07, 6.45) is 3.75. The molecule has 1 heterocycles. The molecule has 0 spiro atoms. The van der Waals surface area contributed by atoms with Gasteiger partial charge < -0.3 is 10.1 Å². The SMILES string of the molecule is CCC(c1ccccc1)N(CCOC)CC1CCCN1. The highest BCUT2D eigenvalue weighted by molar-refractivity contribution is 5.19. The number of benzene rings is 1. The molecule has 0 aliphatic carbocycles. The van der Waals surface area contributed by atoms with Crippen molar-refractivity contribution in [3.63, 3.8) is 0 Å². The van der Waals surface area contributed by atoms with Gasteiger partial charge in [-0.3, -0.25) is 4.90 Å². The first-order valence-corrected chi connectivity index (χ1v) is 7.86. The van der Waals surface area contributed by atoms with Gasteiger partial charge in [0.25, 0.3) is 0 Å². The predicted molar refractivity (Wildman–Crippen MR) is 83.9 cm³/mol. The second kappa shape index (κ2) is 8.40. The molecule has 1 aromatic rings. The van der Waals surface area contributed by atoms with Gasteiger partial charge in [0.2, 0.25) is 0 Å². The Balaban J connectivity index is 2.05. The van der Waals surface area contributed by atoms with Gasteiger partial charge >= 0.3 is 0 Å². The highest BCUT2D eigenvalue weighted by Gasteiger charge is 2.23. The average Bonchev–Trinajstić information content (AvgIpc) is 2.99. The van der Waals surface area contributed by atoms with Crippen LogP contribution in [0.15, 0.2) is 30.3 Å².